The van der Waals surface area contributed by atoms with Gasteiger partial charge in [-0.15, -0.1) is 6.58 Å². The van der Waals surface area contributed by atoms with Crippen LogP contribution in [0.5, 0.6) is 0 Å². The summed E-state index contributed by atoms with van der Waals surface area (Å²) in [4.78, 5) is 29.8. The van der Waals surface area contributed by atoms with Crippen LogP contribution in [0, 0.1) is 5.82 Å². The molecule has 0 saturated carbocycles. The molecule has 0 fully saturated rings. The SMILES string of the molecule is C=CCn1c(SC(C)C(=O)Nc2ccccc2F)nc2cc(Cl)ccc2c1=O. The number of benzene rings is 2. The molecule has 1 heterocycles. The number of thioether (sulfide) groups is 1. The lowest BCUT2D eigenvalue weighted by atomic mass is 10.2. The average molecular weight is 418 g/mol. The number of anilines is 1. The maximum absolute atomic E-state index is 13.8. The quantitative estimate of drug-likeness (QED) is 0.364. The summed E-state index contributed by atoms with van der Waals surface area (Å²) in [7, 11) is 0. The zero-order valence-electron chi connectivity index (χ0n) is 15.0. The molecule has 0 saturated heterocycles. The van der Waals surface area contributed by atoms with E-state index >= 15 is 0 Å². The third-order valence-corrected chi connectivity index (χ3v) is 5.30. The van der Waals surface area contributed by atoms with Gasteiger partial charge in [-0.25, -0.2) is 9.37 Å². The average Bonchev–Trinajstić information content (AvgIpc) is 2.66. The summed E-state index contributed by atoms with van der Waals surface area (Å²) < 4.78 is 15.2. The first-order chi connectivity index (χ1) is 13.4. The molecule has 3 rings (SSSR count). The third-order valence-electron chi connectivity index (χ3n) is 3.98. The molecular formula is C20H17ClFN3O2S. The third kappa shape index (κ3) is 4.26. The highest BCUT2D eigenvalue weighted by Crippen LogP contribution is 2.25. The van der Waals surface area contributed by atoms with Crippen LogP contribution in [0.4, 0.5) is 10.1 Å². The Labute approximate surface area is 170 Å². The van der Waals surface area contributed by atoms with E-state index in [9.17, 15) is 14.0 Å². The van der Waals surface area contributed by atoms with E-state index in [1.165, 1.54) is 16.7 Å². The zero-order valence-corrected chi connectivity index (χ0v) is 16.6. The molecule has 0 aliphatic heterocycles. The van der Waals surface area contributed by atoms with Gasteiger partial charge in [-0.3, -0.25) is 14.2 Å². The number of hydrogen-bond donors (Lipinski definition) is 1. The lowest BCUT2D eigenvalue weighted by Gasteiger charge is -2.16. The number of carbonyl (C=O) groups is 1. The van der Waals surface area contributed by atoms with Crippen molar-refractivity contribution in [2.75, 3.05) is 5.32 Å². The Morgan fingerprint density at radius 3 is 2.86 bits per heavy atom. The van der Waals surface area contributed by atoms with Crippen LogP contribution in [-0.4, -0.2) is 20.7 Å². The number of para-hydroxylation sites is 1. The first kappa shape index (κ1) is 20.1. The number of carbonyl (C=O) groups excluding carboxylic acids is 1. The first-order valence-electron chi connectivity index (χ1n) is 8.43. The molecule has 144 valence electrons. The van der Waals surface area contributed by atoms with Crippen LogP contribution >= 0.6 is 23.4 Å². The summed E-state index contributed by atoms with van der Waals surface area (Å²) >= 11 is 7.12. The van der Waals surface area contributed by atoms with Crippen molar-refractivity contribution in [1.82, 2.24) is 9.55 Å². The molecule has 1 amide bonds. The van der Waals surface area contributed by atoms with Gasteiger partial charge in [0.05, 0.1) is 21.8 Å². The molecule has 2 aromatic carbocycles. The molecule has 1 unspecified atom stereocenters. The van der Waals surface area contributed by atoms with Crippen molar-refractivity contribution >= 4 is 45.9 Å². The minimum absolute atomic E-state index is 0.0988. The van der Waals surface area contributed by atoms with Crippen molar-refractivity contribution in [2.24, 2.45) is 0 Å². The van der Waals surface area contributed by atoms with Gasteiger partial charge in [0.1, 0.15) is 5.82 Å². The Hall–Kier alpha value is -2.64. The van der Waals surface area contributed by atoms with E-state index in [0.29, 0.717) is 21.1 Å². The van der Waals surface area contributed by atoms with Crippen LogP contribution in [0.15, 0.2) is 65.1 Å². The predicted molar refractivity (Wildman–Crippen MR) is 112 cm³/mol. The fraction of sp³-hybridized carbons (Fsp3) is 0.150. The number of fused-ring (bicyclic) bond motifs is 1. The highest BCUT2D eigenvalue weighted by atomic mass is 35.5. The number of allylic oxidation sites excluding steroid dienone is 1. The maximum atomic E-state index is 13.8. The lowest BCUT2D eigenvalue weighted by Crippen LogP contribution is -2.27. The van der Waals surface area contributed by atoms with E-state index in [4.69, 9.17) is 11.6 Å². The monoisotopic (exact) mass is 417 g/mol. The number of rotatable bonds is 6. The molecule has 0 aliphatic carbocycles. The van der Waals surface area contributed by atoms with Gasteiger partial charge >= 0.3 is 0 Å². The molecule has 3 aromatic rings. The molecule has 5 nitrogen and oxygen atoms in total. The van der Waals surface area contributed by atoms with E-state index in [-0.39, 0.29) is 17.8 Å². The van der Waals surface area contributed by atoms with Crippen molar-refractivity contribution in [3.8, 4) is 0 Å². The Morgan fingerprint density at radius 1 is 1.39 bits per heavy atom. The van der Waals surface area contributed by atoms with Gasteiger partial charge in [-0.2, -0.15) is 0 Å². The molecule has 0 bridgehead atoms. The summed E-state index contributed by atoms with van der Waals surface area (Å²) in [6, 6.07) is 10.8. The fourth-order valence-electron chi connectivity index (χ4n) is 2.56. The van der Waals surface area contributed by atoms with E-state index in [2.05, 4.69) is 16.9 Å². The van der Waals surface area contributed by atoms with E-state index < -0.39 is 17.0 Å². The van der Waals surface area contributed by atoms with Crippen molar-refractivity contribution < 1.29 is 9.18 Å². The lowest BCUT2D eigenvalue weighted by molar-refractivity contribution is -0.115. The van der Waals surface area contributed by atoms with Gasteiger partial charge in [-0.05, 0) is 37.3 Å². The molecule has 1 aromatic heterocycles. The van der Waals surface area contributed by atoms with Crippen LogP contribution in [0.3, 0.4) is 0 Å². The maximum Gasteiger partial charge on any atom is 0.262 e. The molecule has 0 spiro atoms. The molecule has 8 heteroatoms. The summed E-state index contributed by atoms with van der Waals surface area (Å²) in [5.41, 5.74) is 0.300. The number of hydrogen-bond acceptors (Lipinski definition) is 4. The molecule has 0 aliphatic rings. The number of aromatic nitrogens is 2. The molecule has 0 radical (unpaired) electrons. The van der Waals surface area contributed by atoms with Crippen LogP contribution in [0.1, 0.15) is 6.92 Å². The number of nitrogens with one attached hydrogen (secondary N) is 1. The summed E-state index contributed by atoms with van der Waals surface area (Å²) in [6.45, 7) is 5.58. The van der Waals surface area contributed by atoms with Crippen LogP contribution in [0.2, 0.25) is 5.02 Å². The van der Waals surface area contributed by atoms with E-state index in [1.54, 1.807) is 43.3 Å². The standard InChI is InChI=1S/C20H17ClFN3O2S/c1-3-10-25-19(27)14-9-8-13(21)11-17(14)24-20(25)28-12(2)18(26)23-16-7-5-4-6-15(16)22/h3-9,11-12H,1,10H2,2H3,(H,23,26). The van der Waals surface area contributed by atoms with Gasteiger partial charge in [0.2, 0.25) is 5.91 Å². The highest BCUT2D eigenvalue weighted by molar-refractivity contribution is 8.00. The zero-order chi connectivity index (χ0) is 20.3. The van der Waals surface area contributed by atoms with Crippen molar-refractivity contribution in [3.63, 3.8) is 0 Å². The van der Waals surface area contributed by atoms with Crippen molar-refractivity contribution in [1.29, 1.82) is 0 Å². The van der Waals surface area contributed by atoms with E-state index in [0.717, 1.165) is 11.8 Å². The van der Waals surface area contributed by atoms with Crippen LogP contribution in [-0.2, 0) is 11.3 Å². The minimum atomic E-state index is -0.626. The fourth-order valence-corrected chi connectivity index (χ4v) is 3.65. The largest absolute Gasteiger partial charge is 0.323 e. The van der Waals surface area contributed by atoms with Crippen molar-refractivity contribution in [2.45, 2.75) is 23.9 Å². The van der Waals surface area contributed by atoms with Crippen LogP contribution in [0.25, 0.3) is 10.9 Å². The van der Waals surface area contributed by atoms with Crippen LogP contribution < -0.4 is 10.9 Å². The molecular weight excluding hydrogens is 401 g/mol. The smallest absolute Gasteiger partial charge is 0.262 e. The summed E-state index contributed by atoms with van der Waals surface area (Å²) in [6.07, 6.45) is 1.58. The Bertz CT molecular complexity index is 1120. The van der Waals surface area contributed by atoms with Gasteiger partial charge < -0.3 is 5.32 Å². The van der Waals surface area contributed by atoms with E-state index in [1.807, 2.05) is 0 Å². The summed E-state index contributed by atoms with van der Waals surface area (Å²) in [5.74, 6) is -0.921. The normalized spacial score (nSPS) is 12.0. The van der Waals surface area contributed by atoms with Gasteiger partial charge in [0.15, 0.2) is 5.16 Å². The predicted octanol–water partition coefficient (Wildman–Crippen LogP) is 4.49. The summed E-state index contributed by atoms with van der Waals surface area (Å²) in [5, 5.41) is 3.17. The van der Waals surface area contributed by atoms with Gasteiger partial charge in [-0.1, -0.05) is 41.6 Å². The topological polar surface area (TPSA) is 64.0 Å². The van der Waals surface area contributed by atoms with Crippen molar-refractivity contribution in [3.05, 3.63) is 76.3 Å². The van der Waals surface area contributed by atoms with Gasteiger partial charge in [0, 0.05) is 11.6 Å². The van der Waals surface area contributed by atoms with Gasteiger partial charge in [0.25, 0.3) is 5.56 Å². The number of nitrogens with zero attached hydrogens (tertiary/aromatic N) is 2. The number of amides is 1. The Balaban J connectivity index is 1.92. The molecule has 1 N–H and O–H groups in total. The second kappa shape index (κ2) is 8.58. The molecule has 1 atom stereocenters. The second-order valence-corrected chi connectivity index (χ2v) is 7.73. The Kier molecular flexibility index (Phi) is 6.16. The molecule has 28 heavy (non-hydrogen) atoms. The number of halogens is 2. The Morgan fingerprint density at radius 2 is 2.14 bits per heavy atom. The highest BCUT2D eigenvalue weighted by Gasteiger charge is 2.20. The second-order valence-electron chi connectivity index (χ2n) is 5.99. The first-order valence-corrected chi connectivity index (χ1v) is 9.69. The minimum Gasteiger partial charge on any atom is -0.323 e.